The first-order valence-corrected chi connectivity index (χ1v) is 7.50. The van der Waals surface area contributed by atoms with E-state index < -0.39 is 11.5 Å². The van der Waals surface area contributed by atoms with Crippen molar-refractivity contribution in [1.29, 1.82) is 0 Å². The fraction of sp³-hybridized carbons (Fsp3) is 0.158. The molecular weight excluding hydrogens is 308 g/mol. The van der Waals surface area contributed by atoms with E-state index in [0.29, 0.717) is 10.9 Å². The van der Waals surface area contributed by atoms with Crippen molar-refractivity contribution in [3.8, 4) is 11.5 Å². The van der Waals surface area contributed by atoms with Crippen LogP contribution in [-0.4, -0.2) is 16.0 Å². The molecule has 0 aliphatic heterocycles. The minimum absolute atomic E-state index is 0.0140. The van der Waals surface area contributed by atoms with E-state index in [1.54, 1.807) is 36.4 Å². The maximum absolute atomic E-state index is 12.4. The summed E-state index contributed by atoms with van der Waals surface area (Å²) >= 11 is 0. The van der Waals surface area contributed by atoms with E-state index in [4.69, 9.17) is 4.42 Å². The van der Waals surface area contributed by atoms with Crippen molar-refractivity contribution in [1.82, 2.24) is 0 Å². The van der Waals surface area contributed by atoms with Crippen molar-refractivity contribution < 1.29 is 19.4 Å². The Morgan fingerprint density at radius 1 is 1.12 bits per heavy atom. The number of carbonyl (C=O) groups excluding carboxylic acids is 1. The number of Topliss-reactive ketones (excluding diaryl/α,β-unsaturated/α-hetero) is 1. The Bertz CT molecular complexity index is 971. The van der Waals surface area contributed by atoms with Gasteiger partial charge in [-0.25, -0.2) is 4.79 Å². The number of carbonyl (C=O) groups is 1. The van der Waals surface area contributed by atoms with Gasteiger partial charge in [0.1, 0.15) is 22.9 Å². The lowest BCUT2D eigenvalue weighted by atomic mass is 9.87. The second-order valence-electron chi connectivity index (χ2n) is 5.70. The highest BCUT2D eigenvalue weighted by atomic mass is 16.4. The van der Waals surface area contributed by atoms with Crippen molar-refractivity contribution in [2.24, 2.45) is 0 Å². The summed E-state index contributed by atoms with van der Waals surface area (Å²) in [6.45, 7) is 1.41. The van der Waals surface area contributed by atoms with E-state index in [0.717, 1.165) is 0 Å². The van der Waals surface area contributed by atoms with E-state index in [9.17, 15) is 19.8 Å². The summed E-state index contributed by atoms with van der Waals surface area (Å²) in [6.07, 6.45) is 0.0140. The molecule has 0 radical (unpaired) electrons. The molecule has 0 saturated carbocycles. The Kier molecular flexibility index (Phi) is 4.08. The molecule has 122 valence electrons. The van der Waals surface area contributed by atoms with Gasteiger partial charge in [0.2, 0.25) is 0 Å². The molecule has 0 fully saturated rings. The van der Waals surface area contributed by atoms with E-state index in [1.165, 1.54) is 19.1 Å². The zero-order valence-electron chi connectivity index (χ0n) is 13.0. The molecule has 5 nitrogen and oxygen atoms in total. The number of hydrogen-bond donors (Lipinski definition) is 2. The maximum atomic E-state index is 12.4. The van der Waals surface area contributed by atoms with Gasteiger partial charge in [0.15, 0.2) is 0 Å². The fourth-order valence-electron chi connectivity index (χ4n) is 2.87. The summed E-state index contributed by atoms with van der Waals surface area (Å²) in [6, 6.07) is 12.9. The van der Waals surface area contributed by atoms with Gasteiger partial charge in [-0.05, 0) is 36.8 Å². The zero-order chi connectivity index (χ0) is 17.3. The lowest BCUT2D eigenvalue weighted by molar-refractivity contribution is -0.117. The molecule has 1 heterocycles. The number of phenols is 1. The Morgan fingerprint density at radius 3 is 2.58 bits per heavy atom. The first-order valence-electron chi connectivity index (χ1n) is 7.50. The van der Waals surface area contributed by atoms with Gasteiger partial charge in [0.05, 0.1) is 10.9 Å². The molecule has 24 heavy (non-hydrogen) atoms. The highest BCUT2D eigenvalue weighted by Gasteiger charge is 2.26. The quantitative estimate of drug-likeness (QED) is 0.719. The molecule has 1 aromatic heterocycles. The van der Waals surface area contributed by atoms with Crippen molar-refractivity contribution in [3.63, 3.8) is 0 Å². The van der Waals surface area contributed by atoms with Gasteiger partial charge in [-0.1, -0.05) is 24.3 Å². The predicted molar refractivity (Wildman–Crippen MR) is 89.4 cm³/mol. The molecule has 3 rings (SSSR count). The van der Waals surface area contributed by atoms with Crippen molar-refractivity contribution >= 4 is 16.8 Å². The van der Waals surface area contributed by atoms with Gasteiger partial charge < -0.3 is 14.6 Å². The van der Waals surface area contributed by atoms with Crippen LogP contribution in [0.15, 0.2) is 57.7 Å². The van der Waals surface area contributed by atoms with E-state index >= 15 is 0 Å². The van der Waals surface area contributed by atoms with Gasteiger partial charge in [0, 0.05) is 12.3 Å². The van der Waals surface area contributed by atoms with E-state index in [1.807, 2.05) is 0 Å². The third-order valence-electron chi connectivity index (χ3n) is 3.93. The second kappa shape index (κ2) is 6.20. The number of hydrogen-bond acceptors (Lipinski definition) is 5. The van der Waals surface area contributed by atoms with Crippen molar-refractivity contribution in [2.75, 3.05) is 0 Å². The predicted octanol–water partition coefficient (Wildman–Crippen LogP) is 3.32. The van der Waals surface area contributed by atoms with Gasteiger partial charge in [-0.3, -0.25) is 4.79 Å². The van der Waals surface area contributed by atoms with Crippen LogP contribution in [0.25, 0.3) is 11.0 Å². The average Bonchev–Trinajstić information content (AvgIpc) is 2.53. The van der Waals surface area contributed by atoms with Gasteiger partial charge in [0.25, 0.3) is 0 Å². The first-order chi connectivity index (χ1) is 11.5. The number of aromatic hydroxyl groups is 2. The molecular formula is C19H16O5. The molecule has 5 heteroatoms. The van der Waals surface area contributed by atoms with Crippen LogP contribution < -0.4 is 5.63 Å². The summed E-state index contributed by atoms with van der Waals surface area (Å²) < 4.78 is 5.30. The lowest BCUT2D eigenvalue weighted by Crippen LogP contribution is -2.16. The number of rotatable bonds is 4. The van der Waals surface area contributed by atoms with Crippen LogP contribution in [0.4, 0.5) is 0 Å². The zero-order valence-corrected chi connectivity index (χ0v) is 13.0. The Balaban J connectivity index is 2.27. The molecule has 1 atom stereocenters. The van der Waals surface area contributed by atoms with Crippen molar-refractivity contribution in [3.05, 3.63) is 70.1 Å². The number of ketones is 1. The number of phenolic OH excluding ortho intramolecular Hbond substituents is 1. The van der Waals surface area contributed by atoms with E-state index in [2.05, 4.69) is 0 Å². The van der Waals surface area contributed by atoms with Crippen LogP contribution in [0.3, 0.4) is 0 Å². The monoisotopic (exact) mass is 324 g/mol. The van der Waals surface area contributed by atoms with Crippen LogP contribution in [0.2, 0.25) is 0 Å². The van der Waals surface area contributed by atoms with Gasteiger partial charge >= 0.3 is 5.63 Å². The lowest BCUT2D eigenvalue weighted by Gasteiger charge is -2.17. The fourth-order valence-corrected chi connectivity index (χ4v) is 2.87. The topological polar surface area (TPSA) is 87.7 Å². The normalized spacial score (nSPS) is 12.2. The van der Waals surface area contributed by atoms with Crippen LogP contribution in [0.1, 0.15) is 30.4 Å². The Hall–Kier alpha value is -3.08. The Morgan fingerprint density at radius 2 is 1.88 bits per heavy atom. The molecule has 2 aromatic carbocycles. The summed E-state index contributed by atoms with van der Waals surface area (Å²) in [5.74, 6) is -1.02. The highest BCUT2D eigenvalue weighted by Crippen LogP contribution is 2.36. The molecule has 0 saturated heterocycles. The summed E-state index contributed by atoms with van der Waals surface area (Å²) in [5, 5.41) is 20.7. The summed E-state index contributed by atoms with van der Waals surface area (Å²) in [7, 11) is 0. The highest BCUT2D eigenvalue weighted by molar-refractivity contribution is 5.85. The first kappa shape index (κ1) is 15.8. The average molecular weight is 324 g/mol. The maximum Gasteiger partial charge on any atom is 0.343 e. The second-order valence-corrected chi connectivity index (χ2v) is 5.70. The minimum atomic E-state index is -0.699. The van der Waals surface area contributed by atoms with E-state index in [-0.39, 0.29) is 34.8 Å². The standard InChI is InChI=1S/C19H16O5/c1-11(20)9-15(12-5-4-6-13(21)10-12)17-18(22)14-7-2-3-8-16(14)24-19(17)23/h2-8,10,15,21-22H,9H2,1H3/t15-/m0/s1. The molecule has 2 N–H and O–H groups in total. The van der Waals surface area contributed by atoms with Crippen LogP contribution in [-0.2, 0) is 4.79 Å². The smallest absolute Gasteiger partial charge is 0.343 e. The molecule has 0 aliphatic carbocycles. The molecule has 3 aromatic rings. The Labute approximate surface area is 137 Å². The molecule has 0 amide bonds. The molecule has 0 bridgehead atoms. The third-order valence-corrected chi connectivity index (χ3v) is 3.93. The van der Waals surface area contributed by atoms with Crippen LogP contribution >= 0.6 is 0 Å². The minimum Gasteiger partial charge on any atom is -0.508 e. The van der Waals surface area contributed by atoms with Crippen LogP contribution in [0.5, 0.6) is 11.5 Å². The SMILES string of the molecule is CC(=O)C[C@@H](c1cccc(O)c1)c1c(O)c2ccccc2oc1=O. The molecule has 0 aliphatic rings. The summed E-state index contributed by atoms with van der Waals surface area (Å²) in [5.41, 5.74) is 0.166. The summed E-state index contributed by atoms with van der Waals surface area (Å²) in [4.78, 5) is 24.1. The van der Waals surface area contributed by atoms with Crippen LogP contribution in [0, 0.1) is 0 Å². The number of para-hydroxylation sites is 1. The number of benzene rings is 2. The molecule has 0 spiro atoms. The third kappa shape index (κ3) is 2.88. The number of fused-ring (bicyclic) bond motifs is 1. The van der Waals surface area contributed by atoms with Gasteiger partial charge in [-0.2, -0.15) is 0 Å². The molecule has 0 unspecified atom stereocenters. The van der Waals surface area contributed by atoms with Gasteiger partial charge in [-0.15, -0.1) is 0 Å². The largest absolute Gasteiger partial charge is 0.508 e. The van der Waals surface area contributed by atoms with Crippen molar-refractivity contribution in [2.45, 2.75) is 19.3 Å².